The van der Waals surface area contributed by atoms with Gasteiger partial charge >= 0.3 is 0 Å². The third-order valence-electron chi connectivity index (χ3n) is 5.75. The summed E-state index contributed by atoms with van der Waals surface area (Å²) in [6, 6.07) is 18.1. The molecule has 2 aromatic rings. The van der Waals surface area contributed by atoms with Gasteiger partial charge in [-0.05, 0) is 48.7 Å². The SMILES string of the molecule is [CH2-]N1Cc2ccccc2CC1COC.[CH2-]OCC1Cc2ccccc2CN1C.[CH3-].[CH3-].[Y].[Y]. The van der Waals surface area contributed by atoms with Crippen molar-refractivity contribution in [3.8, 4) is 0 Å². The van der Waals surface area contributed by atoms with E-state index in [-0.39, 0.29) is 80.3 Å². The van der Waals surface area contributed by atoms with E-state index in [0.717, 1.165) is 32.5 Å². The predicted octanol–water partition coefficient (Wildman–Crippen LogP) is 4.60. The molecule has 2 radical (unpaired) electrons. The number of likely N-dealkylation sites (N-methyl/N-ethyl adjacent to an activating group) is 1. The Bertz CT molecular complexity index is 697. The largest absolute Gasteiger partial charge is 0.554 e. The standard InChI is InChI=1S/2C12H16NO.2CH3.2Y/c2*1-13-8-11-6-4-3-5-10(11)7-12(13)9-14-2;;;;/h3-6,12H,2,7-9H2,1H3;3-6,12H,1,7-9H2,2H3;2*1H3;;/q4*-1;;. The maximum Gasteiger partial charge on any atom is 0.0597 e. The van der Waals surface area contributed by atoms with E-state index in [1.54, 1.807) is 7.11 Å². The fraction of sp³-hybridized carbons (Fsp3) is 0.385. The van der Waals surface area contributed by atoms with Gasteiger partial charge in [-0.25, -0.2) is 7.11 Å². The Morgan fingerprint density at radius 3 is 1.78 bits per heavy atom. The van der Waals surface area contributed by atoms with Crippen LogP contribution in [0.2, 0.25) is 0 Å². The minimum atomic E-state index is 0. The van der Waals surface area contributed by atoms with E-state index in [9.17, 15) is 0 Å². The summed E-state index contributed by atoms with van der Waals surface area (Å²) in [6.45, 7) is 3.43. The van der Waals surface area contributed by atoms with Gasteiger partial charge in [0.1, 0.15) is 0 Å². The number of methoxy groups -OCH3 is 1. The first kappa shape index (κ1) is 34.7. The van der Waals surface area contributed by atoms with E-state index < -0.39 is 0 Å². The molecule has 174 valence electrons. The molecule has 0 saturated carbocycles. The molecule has 0 saturated heterocycles. The van der Waals surface area contributed by atoms with Crippen LogP contribution in [0.4, 0.5) is 0 Å². The Morgan fingerprint density at radius 2 is 1.28 bits per heavy atom. The first-order valence-corrected chi connectivity index (χ1v) is 9.89. The molecule has 2 aromatic carbocycles. The summed E-state index contributed by atoms with van der Waals surface area (Å²) >= 11 is 0. The van der Waals surface area contributed by atoms with Crippen LogP contribution < -0.4 is 0 Å². The van der Waals surface area contributed by atoms with E-state index in [4.69, 9.17) is 9.47 Å². The zero-order chi connectivity index (χ0) is 19.9. The van der Waals surface area contributed by atoms with E-state index in [1.807, 2.05) is 0 Å². The summed E-state index contributed by atoms with van der Waals surface area (Å²) in [6.07, 6.45) is 2.12. The van der Waals surface area contributed by atoms with E-state index in [1.165, 1.54) is 22.3 Å². The van der Waals surface area contributed by atoms with E-state index >= 15 is 0 Å². The number of fused-ring (bicyclic) bond motifs is 2. The van der Waals surface area contributed by atoms with Gasteiger partial charge in [-0.3, -0.25) is 11.9 Å². The normalized spacial score (nSPS) is 19.2. The van der Waals surface area contributed by atoms with Crippen LogP contribution >= 0.6 is 0 Å². The van der Waals surface area contributed by atoms with E-state index in [2.05, 4.69) is 79.5 Å². The van der Waals surface area contributed by atoms with Crippen molar-refractivity contribution in [3.05, 3.63) is 99.8 Å². The van der Waals surface area contributed by atoms with Gasteiger partial charge in [0.25, 0.3) is 0 Å². The molecule has 0 spiro atoms. The molecule has 0 N–H and O–H groups in total. The van der Waals surface area contributed by atoms with Crippen LogP contribution in [0.5, 0.6) is 0 Å². The van der Waals surface area contributed by atoms with Crippen molar-refractivity contribution >= 4 is 0 Å². The summed E-state index contributed by atoms with van der Waals surface area (Å²) in [5.41, 5.74) is 5.73. The molecule has 0 fully saturated rings. The molecule has 2 atom stereocenters. The number of nitrogens with zero attached hydrogens (tertiary/aromatic N) is 2. The minimum Gasteiger partial charge on any atom is -0.554 e. The van der Waals surface area contributed by atoms with Gasteiger partial charge in [0.2, 0.25) is 0 Å². The summed E-state index contributed by atoms with van der Waals surface area (Å²) in [7, 11) is 11.4. The molecule has 2 aliphatic heterocycles. The van der Waals surface area contributed by atoms with Crippen LogP contribution in [0.1, 0.15) is 22.3 Å². The fourth-order valence-corrected chi connectivity index (χ4v) is 4.04. The summed E-state index contributed by atoms with van der Waals surface area (Å²) in [5.74, 6) is 0. The van der Waals surface area contributed by atoms with Gasteiger partial charge in [-0.1, -0.05) is 48.5 Å². The van der Waals surface area contributed by atoms with Crippen molar-refractivity contribution in [1.82, 2.24) is 9.80 Å². The molecule has 2 aliphatic rings. The summed E-state index contributed by atoms with van der Waals surface area (Å²) in [4.78, 5) is 4.44. The predicted molar refractivity (Wildman–Crippen MR) is 126 cm³/mol. The molecule has 0 aliphatic carbocycles. The van der Waals surface area contributed by atoms with Crippen molar-refractivity contribution in [1.29, 1.82) is 0 Å². The molecular weight excluding hydrogens is 550 g/mol. The minimum absolute atomic E-state index is 0. The second-order valence-electron chi connectivity index (χ2n) is 7.74. The molecule has 6 heteroatoms. The van der Waals surface area contributed by atoms with Crippen LogP contribution in [0.15, 0.2) is 48.5 Å². The zero-order valence-corrected chi connectivity index (χ0v) is 26.0. The molecule has 0 amide bonds. The van der Waals surface area contributed by atoms with Gasteiger partial charge < -0.3 is 29.2 Å². The molecule has 2 unspecified atom stereocenters. The Morgan fingerprint density at radius 1 is 0.812 bits per heavy atom. The number of rotatable bonds is 4. The van der Waals surface area contributed by atoms with Crippen LogP contribution in [-0.2, 0) is 101 Å². The Balaban J connectivity index is 0. The van der Waals surface area contributed by atoms with Crippen molar-refractivity contribution < 1.29 is 74.9 Å². The van der Waals surface area contributed by atoms with Gasteiger partial charge in [-0.15, -0.1) is 0 Å². The number of hydrogen-bond donors (Lipinski definition) is 0. The van der Waals surface area contributed by atoms with Crippen LogP contribution in [-0.4, -0.2) is 49.3 Å². The molecule has 0 bridgehead atoms. The van der Waals surface area contributed by atoms with Crippen LogP contribution in [0, 0.1) is 29.0 Å². The van der Waals surface area contributed by atoms with Gasteiger partial charge in [-0.2, -0.15) is 0 Å². The Hall–Kier alpha value is 0.488. The third-order valence-corrected chi connectivity index (χ3v) is 5.75. The zero-order valence-electron chi connectivity index (χ0n) is 20.3. The molecular formula is C26H38N2O2Y2-4. The second kappa shape index (κ2) is 17.9. The fourth-order valence-electron chi connectivity index (χ4n) is 4.04. The Kier molecular flexibility index (Phi) is 19.3. The molecule has 4 nitrogen and oxygen atoms in total. The van der Waals surface area contributed by atoms with Gasteiger partial charge in [0.15, 0.2) is 0 Å². The quantitative estimate of drug-likeness (QED) is 0.488. The average molecular weight is 588 g/mol. The molecule has 32 heavy (non-hydrogen) atoms. The van der Waals surface area contributed by atoms with Crippen molar-refractivity contribution in [3.63, 3.8) is 0 Å². The molecule has 4 rings (SSSR count). The van der Waals surface area contributed by atoms with Gasteiger partial charge in [0.05, 0.1) is 6.61 Å². The number of hydrogen-bond acceptors (Lipinski definition) is 4. The maximum absolute atomic E-state index is 5.19. The Labute approximate surface area is 247 Å². The topological polar surface area (TPSA) is 24.9 Å². The number of benzene rings is 2. The first-order chi connectivity index (χ1) is 13.6. The average Bonchev–Trinajstić information content (AvgIpc) is 2.70. The molecule has 0 aromatic heterocycles. The van der Waals surface area contributed by atoms with Crippen LogP contribution in [0.25, 0.3) is 0 Å². The van der Waals surface area contributed by atoms with Crippen molar-refractivity contribution in [2.24, 2.45) is 0 Å². The summed E-state index contributed by atoms with van der Waals surface area (Å²) < 4.78 is 10.2. The first-order valence-electron chi connectivity index (χ1n) is 9.89. The van der Waals surface area contributed by atoms with E-state index in [0.29, 0.717) is 18.7 Å². The monoisotopic (exact) mass is 588 g/mol. The smallest absolute Gasteiger partial charge is 0.0597 e. The maximum atomic E-state index is 5.19. The number of ether oxygens (including phenoxy) is 2. The summed E-state index contributed by atoms with van der Waals surface area (Å²) in [5, 5.41) is 0. The van der Waals surface area contributed by atoms with Crippen LogP contribution in [0.3, 0.4) is 0 Å². The van der Waals surface area contributed by atoms with Crippen molar-refractivity contribution in [2.45, 2.75) is 38.0 Å². The van der Waals surface area contributed by atoms with Gasteiger partial charge in [0, 0.05) is 97.8 Å². The molecule has 2 heterocycles. The third kappa shape index (κ3) is 9.62. The van der Waals surface area contributed by atoms with Crippen molar-refractivity contribution in [2.75, 3.05) is 27.4 Å². The second-order valence-corrected chi connectivity index (χ2v) is 7.74.